The lowest BCUT2D eigenvalue weighted by atomic mass is 9.99. The summed E-state index contributed by atoms with van der Waals surface area (Å²) in [4.78, 5) is 12.7. The van der Waals surface area contributed by atoms with Crippen molar-refractivity contribution >= 4 is 67.4 Å². The van der Waals surface area contributed by atoms with Gasteiger partial charge in [0.15, 0.2) is 4.34 Å². The van der Waals surface area contributed by atoms with Gasteiger partial charge in [-0.3, -0.25) is 4.79 Å². The Balaban J connectivity index is 1.60. The van der Waals surface area contributed by atoms with Gasteiger partial charge in [0.2, 0.25) is 21.1 Å². The van der Waals surface area contributed by atoms with E-state index in [0.717, 1.165) is 10.1 Å². The molecular formula is C19H24Cl2N4O3S3. The minimum absolute atomic E-state index is 0.142. The van der Waals surface area contributed by atoms with Crippen molar-refractivity contribution in [2.45, 2.75) is 36.8 Å². The molecule has 12 heteroatoms. The predicted molar refractivity (Wildman–Crippen MR) is 127 cm³/mol. The molecule has 3 rings (SSSR count). The van der Waals surface area contributed by atoms with E-state index < -0.39 is 15.9 Å². The summed E-state index contributed by atoms with van der Waals surface area (Å²) in [5.41, 5.74) is 0.557. The van der Waals surface area contributed by atoms with Crippen LogP contribution in [0.3, 0.4) is 0 Å². The Kier molecular flexibility index (Phi) is 8.62. The van der Waals surface area contributed by atoms with Crippen LogP contribution in [0.2, 0.25) is 10.0 Å². The maximum atomic E-state index is 12.9. The standard InChI is InChI=1S/C19H24Cl2N4O3S3/c1-12(2)10-29-19-24-23-18(30-19)22-17(26)14-4-3-7-25(9-14)31(27,28)11-13-5-6-15(20)16(21)8-13/h5-6,8,12,14H,3-4,7,9-11H2,1-2H3,(H,22,23,26). The molecule has 31 heavy (non-hydrogen) atoms. The molecule has 0 saturated carbocycles. The average molecular weight is 524 g/mol. The fourth-order valence-electron chi connectivity index (χ4n) is 3.10. The van der Waals surface area contributed by atoms with Crippen molar-refractivity contribution in [2.75, 3.05) is 24.2 Å². The van der Waals surface area contributed by atoms with Crippen LogP contribution in [-0.2, 0) is 20.6 Å². The lowest BCUT2D eigenvalue weighted by Gasteiger charge is -2.31. The molecule has 1 atom stereocenters. The Hall–Kier alpha value is -0.910. The zero-order valence-corrected chi connectivity index (χ0v) is 21.1. The molecule has 0 aliphatic carbocycles. The first-order valence-electron chi connectivity index (χ1n) is 9.83. The molecule has 1 aliphatic rings. The molecule has 1 N–H and O–H groups in total. The van der Waals surface area contributed by atoms with Crippen molar-refractivity contribution in [1.29, 1.82) is 0 Å². The topological polar surface area (TPSA) is 92.3 Å². The number of nitrogens with one attached hydrogen (secondary N) is 1. The Bertz CT molecular complexity index is 1030. The van der Waals surface area contributed by atoms with Gasteiger partial charge in [0, 0.05) is 18.8 Å². The SMILES string of the molecule is CC(C)CSc1nnc(NC(=O)C2CCCN(S(=O)(=O)Cc3ccc(Cl)c(Cl)c3)C2)s1. The predicted octanol–water partition coefficient (Wildman–Crippen LogP) is 4.77. The van der Waals surface area contributed by atoms with Gasteiger partial charge in [-0.05, 0) is 36.5 Å². The Morgan fingerprint density at radius 3 is 2.81 bits per heavy atom. The second kappa shape index (κ2) is 10.8. The molecule has 0 bridgehead atoms. The van der Waals surface area contributed by atoms with Crippen LogP contribution in [0.5, 0.6) is 0 Å². The fraction of sp³-hybridized carbons (Fsp3) is 0.526. The van der Waals surface area contributed by atoms with Crippen molar-refractivity contribution in [3.05, 3.63) is 33.8 Å². The fourth-order valence-corrected chi connectivity index (χ4v) is 6.75. The molecule has 1 aromatic carbocycles. The number of sulfonamides is 1. The van der Waals surface area contributed by atoms with Crippen LogP contribution < -0.4 is 5.32 Å². The van der Waals surface area contributed by atoms with E-state index >= 15 is 0 Å². The molecule has 1 aromatic heterocycles. The van der Waals surface area contributed by atoms with Crippen LogP contribution in [0.15, 0.2) is 22.5 Å². The number of carbonyl (C=O) groups excluding carboxylic acids is 1. The van der Waals surface area contributed by atoms with Gasteiger partial charge in [0.1, 0.15) is 0 Å². The largest absolute Gasteiger partial charge is 0.300 e. The van der Waals surface area contributed by atoms with E-state index in [4.69, 9.17) is 23.2 Å². The van der Waals surface area contributed by atoms with Crippen LogP contribution in [0, 0.1) is 11.8 Å². The number of nitrogens with zero attached hydrogens (tertiary/aromatic N) is 3. The van der Waals surface area contributed by atoms with Crippen molar-refractivity contribution in [2.24, 2.45) is 11.8 Å². The number of hydrogen-bond donors (Lipinski definition) is 1. The van der Waals surface area contributed by atoms with Gasteiger partial charge in [-0.25, -0.2) is 12.7 Å². The van der Waals surface area contributed by atoms with E-state index in [0.29, 0.717) is 46.0 Å². The number of rotatable bonds is 8. The minimum Gasteiger partial charge on any atom is -0.300 e. The first kappa shape index (κ1) is 24.7. The first-order chi connectivity index (χ1) is 14.6. The zero-order valence-electron chi connectivity index (χ0n) is 17.2. The first-order valence-corrected chi connectivity index (χ1v) is 14.0. The summed E-state index contributed by atoms with van der Waals surface area (Å²) >= 11 is 14.8. The lowest BCUT2D eigenvalue weighted by molar-refractivity contribution is -0.120. The Morgan fingerprint density at radius 2 is 2.10 bits per heavy atom. The second-order valence-electron chi connectivity index (χ2n) is 7.77. The highest BCUT2D eigenvalue weighted by Gasteiger charge is 2.33. The highest BCUT2D eigenvalue weighted by molar-refractivity contribution is 8.01. The lowest BCUT2D eigenvalue weighted by Crippen LogP contribution is -2.44. The molecule has 1 amide bonds. The molecule has 170 valence electrons. The molecule has 0 radical (unpaired) electrons. The number of hydrogen-bond acceptors (Lipinski definition) is 7. The molecule has 0 spiro atoms. The molecule has 2 aromatic rings. The summed E-state index contributed by atoms with van der Waals surface area (Å²) in [6, 6.07) is 4.78. The van der Waals surface area contributed by atoms with E-state index in [1.165, 1.54) is 15.6 Å². The zero-order chi connectivity index (χ0) is 22.6. The van der Waals surface area contributed by atoms with Crippen LogP contribution in [0.4, 0.5) is 5.13 Å². The van der Waals surface area contributed by atoms with Crippen molar-refractivity contribution in [1.82, 2.24) is 14.5 Å². The van der Waals surface area contributed by atoms with E-state index in [2.05, 4.69) is 29.4 Å². The smallest absolute Gasteiger partial charge is 0.230 e. The third kappa shape index (κ3) is 7.03. The monoisotopic (exact) mass is 522 g/mol. The summed E-state index contributed by atoms with van der Waals surface area (Å²) in [5, 5.41) is 12.0. The average Bonchev–Trinajstić information content (AvgIpc) is 3.16. The molecule has 1 unspecified atom stereocenters. The van der Waals surface area contributed by atoms with Crippen molar-refractivity contribution < 1.29 is 13.2 Å². The minimum atomic E-state index is -3.59. The third-order valence-corrected chi connectivity index (χ3v) is 9.61. The molecule has 1 fully saturated rings. The summed E-state index contributed by atoms with van der Waals surface area (Å²) in [5.74, 6) is 0.604. The van der Waals surface area contributed by atoms with Crippen molar-refractivity contribution in [3.8, 4) is 0 Å². The molecule has 2 heterocycles. The highest BCUT2D eigenvalue weighted by Crippen LogP contribution is 2.29. The number of thioether (sulfide) groups is 1. The van der Waals surface area contributed by atoms with Crippen molar-refractivity contribution in [3.63, 3.8) is 0 Å². The summed E-state index contributed by atoms with van der Waals surface area (Å²) < 4.78 is 28.0. The Morgan fingerprint density at radius 1 is 1.32 bits per heavy atom. The van der Waals surface area contributed by atoms with Gasteiger partial charge in [-0.15, -0.1) is 10.2 Å². The van der Waals surface area contributed by atoms with Crippen LogP contribution >= 0.6 is 46.3 Å². The number of aromatic nitrogens is 2. The second-order valence-corrected chi connectivity index (χ2v) is 12.8. The highest BCUT2D eigenvalue weighted by atomic mass is 35.5. The molecular weight excluding hydrogens is 499 g/mol. The summed E-state index contributed by atoms with van der Waals surface area (Å²) in [6.07, 6.45) is 1.24. The molecule has 7 nitrogen and oxygen atoms in total. The van der Waals surface area contributed by atoms with E-state index in [1.54, 1.807) is 30.0 Å². The number of amides is 1. The van der Waals surface area contributed by atoms with E-state index in [-0.39, 0.29) is 18.2 Å². The summed E-state index contributed by atoms with van der Waals surface area (Å²) in [7, 11) is -3.59. The molecule has 1 saturated heterocycles. The number of anilines is 1. The maximum absolute atomic E-state index is 12.9. The van der Waals surface area contributed by atoms with E-state index in [9.17, 15) is 13.2 Å². The number of halogens is 2. The van der Waals surface area contributed by atoms with Gasteiger partial charge in [0.25, 0.3) is 0 Å². The van der Waals surface area contributed by atoms with Gasteiger partial charge in [0.05, 0.1) is 21.7 Å². The normalized spacial score (nSPS) is 17.8. The van der Waals surface area contributed by atoms with Crippen LogP contribution in [0.1, 0.15) is 32.3 Å². The molecule has 1 aliphatic heterocycles. The quantitative estimate of drug-likeness (QED) is 0.396. The summed E-state index contributed by atoms with van der Waals surface area (Å²) in [6.45, 7) is 4.79. The number of benzene rings is 1. The Labute approximate surface area is 201 Å². The van der Waals surface area contributed by atoms with E-state index in [1.807, 2.05) is 0 Å². The van der Waals surface area contributed by atoms with Gasteiger partial charge in [-0.1, -0.05) is 66.2 Å². The van der Waals surface area contributed by atoms with Gasteiger partial charge < -0.3 is 5.32 Å². The van der Waals surface area contributed by atoms with Crippen LogP contribution in [0.25, 0.3) is 0 Å². The number of piperidine rings is 1. The van der Waals surface area contributed by atoms with Gasteiger partial charge >= 0.3 is 0 Å². The van der Waals surface area contributed by atoms with Gasteiger partial charge in [-0.2, -0.15) is 0 Å². The third-order valence-electron chi connectivity index (χ3n) is 4.66. The van der Waals surface area contributed by atoms with Crippen LogP contribution in [-0.4, -0.2) is 47.7 Å². The number of carbonyl (C=O) groups is 1. The maximum Gasteiger partial charge on any atom is 0.230 e.